The minimum Gasteiger partial charge on any atom is -0.310 e. The van der Waals surface area contributed by atoms with Gasteiger partial charge in [-0.15, -0.1) is 0 Å². The normalized spacial score (nSPS) is 13.4. The van der Waals surface area contributed by atoms with Crippen molar-refractivity contribution in [2.75, 3.05) is 9.80 Å². The van der Waals surface area contributed by atoms with Crippen LogP contribution in [0, 0.1) is 0 Å². The van der Waals surface area contributed by atoms with Gasteiger partial charge in [0.25, 0.3) is 0 Å². The van der Waals surface area contributed by atoms with Gasteiger partial charge < -0.3 is 9.80 Å². The fourth-order valence-electron chi connectivity index (χ4n) is 10.2. The van der Waals surface area contributed by atoms with Crippen LogP contribution in [0.5, 0.6) is 0 Å². The molecule has 2 nitrogen and oxygen atoms in total. The molecule has 0 bridgehead atoms. The van der Waals surface area contributed by atoms with E-state index in [4.69, 9.17) is 0 Å². The third-order valence-electron chi connectivity index (χ3n) is 12.4. The van der Waals surface area contributed by atoms with Gasteiger partial charge >= 0.3 is 0 Å². The molecule has 10 aromatic rings. The molecule has 0 saturated heterocycles. The summed E-state index contributed by atoms with van der Waals surface area (Å²) in [6.07, 6.45) is 0. The largest absolute Gasteiger partial charge is 0.310 e. The lowest BCUT2D eigenvalue weighted by Gasteiger charge is -2.45. The maximum atomic E-state index is 2.55. The first-order chi connectivity index (χ1) is 28.3. The number of para-hydroxylation sites is 4. The van der Waals surface area contributed by atoms with Crippen molar-refractivity contribution in [1.82, 2.24) is 0 Å². The van der Waals surface area contributed by atoms with Crippen LogP contribution in [0.25, 0.3) is 43.4 Å². The number of hydrogen-bond acceptors (Lipinski definition) is 2. The molecule has 1 heterocycles. The van der Waals surface area contributed by atoms with E-state index < -0.39 is 5.41 Å². The lowest BCUT2D eigenvalue weighted by Crippen LogP contribution is -2.36. The molecule has 1 aliphatic carbocycles. The molecule has 57 heavy (non-hydrogen) atoms. The third kappa shape index (κ3) is 4.41. The second-order valence-electron chi connectivity index (χ2n) is 15.2. The van der Waals surface area contributed by atoms with E-state index in [-0.39, 0.29) is 0 Å². The Morgan fingerprint density at radius 3 is 1.58 bits per heavy atom. The number of benzene rings is 10. The Labute approximate surface area is 332 Å². The Morgan fingerprint density at radius 2 is 0.860 bits per heavy atom. The molecule has 2 aliphatic rings. The number of anilines is 6. The van der Waals surface area contributed by atoms with E-state index in [1.807, 2.05) is 0 Å². The Hall–Kier alpha value is -7.42. The average molecular weight is 725 g/mol. The van der Waals surface area contributed by atoms with Gasteiger partial charge in [0.1, 0.15) is 0 Å². The van der Waals surface area contributed by atoms with Crippen LogP contribution in [0.4, 0.5) is 34.1 Å². The molecule has 0 aromatic heterocycles. The highest BCUT2D eigenvalue weighted by Gasteiger charge is 2.53. The summed E-state index contributed by atoms with van der Waals surface area (Å²) in [4.78, 5) is 4.96. The van der Waals surface area contributed by atoms with E-state index in [2.05, 4.69) is 228 Å². The molecule has 266 valence electrons. The molecule has 0 amide bonds. The van der Waals surface area contributed by atoms with E-state index in [0.717, 1.165) is 22.7 Å². The van der Waals surface area contributed by atoms with Crippen molar-refractivity contribution in [3.05, 3.63) is 241 Å². The maximum absolute atomic E-state index is 2.55. The monoisotopic (exact) mass is 724 g/mol. The van der Waals surface area contributed by atoms with Gasteiger partial charge in [-0.2, -0.15) is 0 Å². The predicted octanol–water partition coefficient (Wildman–Crippen LogP) is 14.8. The lowest BCUT2D eigenvalue weighted by molar-refractivity contribution is 0.754. The summed E-state index contributed by atoms with van der Waals surface area (Å²) in [6.45, 7) is 0. The summed E-state index contributed by atoms with van der Waals surface area (Å²) >= 11 is 0. The van der Waals surface area contributed by atoms with E-state index in [1.165, 1.54) is 77.1 Å². The molecule has 10 aromatic carbocycles. The van der Waals surface area contributed by atoms with Crippen molar-refractivity contribution >= 4 is 66.4 Å². The van der Waals surface area contributed by atoms with Gasteiger partial charge in [0.05, 0.1) is 28.2 Å². The second-order valence-corrected chi connectivity index (χ2v) is 15.2. The number of hydrogen-bond donors (Lipinski definition) is 0. The molecule has 1 aliphatic heterocycles. The molecule has 0 radical (unpaired) electrons. The van der Waals surface area contributed by atoms with Crippen LogP contribution in [-0.4, -0.2) is 0 Å². The van der Waals surface area contributed by atoms with E-state index in [9.17, 15) is 0 Å². The molecule has 12 rings (SSSR count). The molecule has 0 fully saturated rings. The van der Waals surface area contributed by atoms with Crippen LogP contribution in [-0.2, 0) is 5.41 Å². The Kier molecular flexibility index (Phi) is 6.88. The fraction of sp³-hybridized carbons (Fsp3) is 0.0182. The standard InChI is InChI=1S/C55H36N2/c1-3-21-39(22-4-1)56(49-33-17-20-37-18-7-9-25-41(37)49)52-36-48-54(44-28-12-11-27-43(44)52)53-42-26-10-8-19-38(42)34-35-47(53)55(48)45-29-13-15-31-50(45)57(40-23-5-2-6-24-40)51-32-16-14-30-46(51)55/h1-36H. The highest BCUT2D eigenvalue weighted by atomic mass is 15.2. The van der Waals surface area contributed by atoms with Crippen molar-refractivity contribution < 1.29 is 0 Å². The maximum Gasteiger partial charge on any atom is 0.0755 e. The quantitative estimate of drug-likeness (QED) is 0.178. The first-order valence-corrected chi connectivity index (χ1v) is 19.8. The van der Waals surface area contributed by atoms with Crippen molar-refractivity contribution in [2.45, 2.75) is 5.41 Å². The van der Waals surface area contributed by atoms with Crippen molar-refractivity contribution in [2.24, 2.45) is 0 Å². The molecule has 0 N–H and O–H groups in total. The molecule has 1 spiro atoms. The molecular formula is C55H36N2. The molecular weight excluding hydrogens is 689 g/mol. The fourth-order valence-corrected chi connectivity index (χ4v) is 10.2. The summed E-state index contributed by atoms with van der Waals surface area (Å²) in [5.41, 5.74) is 14.2. The Morgan fingerprint density at radius 1 is 0.333 bits per heavy atom. The first-order valence-electron chi connectivity index (χ1n) is 19.8. The Bertz CT molecular complexity index is 3150. The lowest BCUT2D eigenvalue weighted by atomic mass is 9.64. The second kappa shape index (κ2) is 12.3. The number of fused-ring (bicyclic) bond motifs is 14. The van der Waals surface area contributed by atoms with E-state index in [0.29, 0.717) is 0 Å². The van der Waals surface area contributed by atoms with Gasteiger partial charge in [-0.3, -0.25) is 0 Å². The Balaban J connectivity index is 1.28. The van der Waals surface area contributed by atoms with E-state index in [1.54, 1.807) is 0 Å². The van der Waals surface area contributed by atoms with Gasteiger partial charge in [0.15, 0.2) is 0 Å². The predicted molar refractivity (Wildman–Crippen MR) is 239 cm³/mol. The minimum atomic E-state index is -0.618. The molecule has 2 heteroatoms. The molecule has 0 saturated carbocycles. The van der Waals surface area contributed by atoms with Crippen molar-refractivity contribution in [3.8, 4) is 11.1 Å². The van der Waals surface area contributed by atoms with Crippen LogP contribution >= 0.6 is 0 Å². The SMILES string of the molecule is c1ccc(N2c3ccccc3C3(c4ccccc42)c2ccc4ccccc4c2-c2c3cc(N(c3ccccc3)c3cccc4ccccc34)c3ccccc23)cc1. The first kappa shape index (κ1) is 31.9. The van der Waals surface area contributed by atoms with Gasteiger partial charge in [-0.1, -0.05) is 170 Å². The minimum absolute atomic E-state index is 0.618. The summed E-state index contributed by atoms with van der Waals surface area (Å²) in [5, 5.41) is 7.42. The van der Waals surface area contributed by atoms with Crippen molar-refractivity contribution in [3.63, 3.8) is 0 Å². The number of nitrogens with zero attached hydrogens (tertiary/aromatic N) is 2. The highest BCUT2D eigenvalue weighted by Crippen LogP contribution is 2.66. The van der Waals surface area contributed by atoms with Crippen LogP contribution in [0.3, 0.4) is 0 Å². The van der Waals surface area contributed by atoms with Gasteiger partial charge in [0, 0.05) is 22.1 Å². The third-order valence-corrected chi connectivity index (χ3v) is 12.4. The summed E-state index contributed by atoms with van der Waals surface area (Å²) in [6, 6.07) is 80.7. The molecule has 0 unspecified atom stereocenters. The topological polar surface area (TPSA) is 6.48 Å². The van der Waals surface area contributed by atoms with Crippen LogP contribution < -0.4 is 9.80 Å². The van der Waals surface area contributed by atoms with Crippen LogP contribution in [0.2, 0.25) is 0 Å². The summed E-state index contributed by atoms with van der Waals surface area (Å²) in [7, 11) is 0. The summed E-state index contributed by atoms with van der Waals surface area (Å²) < 4.78 is 0. The van der Waals surface area contributed by atoms with E-state index >= 15 is 0 Å². The smallest absolute Gasteiger partial charge is 0.0755 e. The van der Waals surface area contributed by atoms with Gasteiger partial charge in [-0.05, 0) is 103 Å². The van der Waals surface area contributed by atoms with Gasteiger partial charge in [0.2, 0.25) is 0 Å². The highest BCUT2D eigenvalue weighted by molar-refractivity contribution is 6.17. The zero-order valence-electron chi connectivity index (χ0n) is 31.2. The molecule has 0 atom stereocenters. The zero-order valence-corrected chi connectivity index (χ0v) is 31.2. The zero-order chi connectivity index (χ0) is 37.5. The van der Waals surface area contributed by atoms with Crippen LogP contribution in [0.1, 0.15) is 22.3 Å². The van der Waals surface area contributed by atoms with Crippen LogP contribution in [0.15, 0.2) is 218 Å². The number of rotatable bonds is 4. The van der Waals surface area contributed by atoms with Crippen molar-refractivity contribution in [1.29, 1.82) is 0 Å². The van der Waals surface area contributed by atoms with Gasteiger partial charge in [-0.25, -0.2) is 0 Å². The summed E-state index contributed by atoms with van der Waals surface area (Å²) in [5.74, 6) is 0. The average Bonchev–Trinajstić information content (AvgIpc) is 3.58.